The molecule has 2 fully saturated rings. The van der Waals surface area contributed by atoms with Crippen LogP contribution in [0.3, 0.4) is 0 Å². The van der Waals surface area contributed by atoms with Crippen molar-refractivity contribution in [3.8, 4) is 0 Å². The molecule has 1 aliphatic heterocycles. The normalized spacial score (nSPS) is 29.7. The van der Waals surface area contributed by atoms with Crippen LogP contribution >= 0.6 is 0 Å². The Morgan fingerprint density at radius 1 is 1.21 bits per heavy atom. The molecule has 3 rings (SSSR count). The van der Waals surface area contributed by atoms with E-state index in [1.54, 1.807) is 12.1 Å². The van der Waals surface area contributed by atoms with Crippen LogP contribution in [0.5, 0.6) is 0 Å². The molecule has 2 unspecified atom stereocenters. The maximum atomic E-state index is 13.0. The van der Waals surface area contributed by atoms with Gasteiger partial charge in [-0.15, -0.1) is 0 Å². The number of hydrogen-bond acceptors (Lipinski definition) is 3. The summed E-state index contributed by atoms with van der Waals surface area (Å²) >= 11 is 0. The number of rotatable bonds is 3. The first-order valence-electron chi connectivity index (χ1n) is 8.44. The molecule has 0 radical (unpaired) electrons. The van der Waals surface area contributed by atoms with E-state index in [4.69, 9.17) is 0 Å². The van der Waals surface area contributed by atoms with Crippen LogP contribution in [0.2, 0.25) is 0 Å². The molecule has 0 bridgehead atoms. The second-order valence-corrected chi connectivity index (χ2v) is 6.84. The van der Waals surface area contributed by atoms with Gasteiger partial charge in [-0.25, -0.2) is 4.79 Å². The molecule has 24 heavy (non-hydrogen) atoms. The van der Waals surface area contributed by atoms with Gasteiger partial charge in [0.2, 0.25) is 5.91 Å². The summed E-state index contributed by atoms with van der Waals surface area (Å²) < 4.78 is 0. The van der Waals surface area contributed by atoms with Gasteiger partial charge in [0.15, 0.2) is 0 Å². The van der Waals surface area contributed by atoms with Crippen molar-refractivity contribution in [1.82, 2.24) is 10.2 Å². The van der Waals surface area contributed by atoms with E-state index in [1.165, 1.54) is 0 Å². The summed E-state index contributed by atoms with van der Waals surface area (Å²) in [6.07, 6.45) is 2.86. The molecule has 2 atom stereocenters. The average molecular weight is 329 g/mol. The monoisotopic (exact) mass is 329 g/mol. The number of amides is 4. The highest BCUT2D eigenvalue weighted by atomic mass is 16.2. The van der Waals surface area contributed by atoms with Crippen molar-refractivity contribution in [2.75, 3.05) is 11.9 Å². The number of nitrogens with one attached hydrogen (secondary N) is 2. The highest BCUT2D eigenvalue weighted by Crippen LogP contribution is 2.42. The molecule has 1 heterocycles. The zero-order valence-electron chi connectivity index (χ0n) is 14.0. The minimum atomic E-state index is -0.859. The molecule has 1 saturated heterocycles. The molecular weight excluding hydrogens is 306 g/mol. The highest BCUT2D eigenvalue weighted by molar-refractivity contribution is 6.10. The van der Waals surface area contributed by atoms with Gasteiger partial charge in [0.25, 0.3) is 5.91 Å². The van der Waals surface area contributed by atoms with Gasteiger partial charge in [0.1, 0.15) is 12.1 Å². The molecule has 6 heteroatoms. The summed E-state index contributed by atoms with van der Waals surface area (Å²) in [5, 5.41) is 5.61. The number of benzene rings is 1. The van der Waals surface area contributed by atoms with E-state index in [1.807, 2.05) is 32.0 Å². The molecule has 0 aromatic heterocycles. The summed E-state index contributed by atoms with van der Waals surface area (Å²) in [6, 6.07) is 8.52. The third kappa shape index (κ3) is 2.66. The third-order valence-electron chi connectivity index (χ3n) is 5.35. The van der Waals surface area contributed by atoms with E-state index in [9.17, 15) is 14.4 Å². The number of nitrogens with zero attached hydrogens (tertiary/aromatic N) is 1. The predicted molar refractivity (Wildman–Crippen MR) is 90.2 cm³/mol. The Hall–Kier alpha value is -2.37. The van der Waals surface area contributed by atoms with Crippen molar-refractivity contribution in [2.24, 2.45) is 11.8 Å². The number of para-hydroxylation sites is 1. The molecule has 1 aliphatic carbocycles. The number of carbonyl (C=O) groups is 3. The van der Waals surface area contributed by atoms with E-state index >= 15 is 0 Å². The van der Waals surface area contributed by atoms with Crippen LogP contribution in [0.4, 0.5) is 10.5 Å². The fourth-order valence-electron chi connectivity index (χ4n) is 3.96. The molecule has 1 saturated carbocycles. The van der Waals surface area contributed by atoms with Crippen molar-refractivity contribution in [2.45, 2.75) is 38.6 Å². The van der Waals surface area contributed by atoms with Crippen molar-refractivity contribution in [3.63, 3.8) is 0 Å². The Labute approximate surface area is 141 Å². The predicted octanol–water partition coefficient (Wildman–Crippen LogP) is 2.37. The topological polar surface area (TPSA) is 78.5 Å². The number of carbonyl (C=O) groups excluding carboxylic acids is 3. The Balaban J connectivity index is 1.74. The largest absolute Gasteiger partial charge is 0.325 e. The minimum absolute atomic E-state index is 0.0693. The zero-order chi connectivity index (χ0) is 17.3. The molecule has 6 nitrogen and oxygen atoms in total. The van der Waals surface area contributed by atoms with Gasteiger partial charge in [0, 0.05) is 5.69 Å². The van der Waals surface area contributed by atoms with Gasteiger partial charge >= 0.3 is 6.03 Å². The van der Waals surface area contributed by atoms with E-state index in [0.29, 0.717) is 5.69 Å². The minimum Gasteiger partial charge on any atom is -0.325 e. The smallest absolute Gasteiger partial charge is 0.325 e. The Morgan fingerprint density at radius 2 is 1.83 bits per heavy atom. The summed E-state index contributed by atoms with van der Waals surface area (Å²) in [6.45, 7) is 3.74. The Bertz CT molecular complexity index is 649. The fraction of sp³-hybridized carbons (Fsp3) is 0.500. The molecule has 1 aromatic carbocycles. The average Bonchev–Trinajstić information content (AvgIpc) is 2.79. The van der Waals surface area contributed by atoms with Crippen molar-refractivity contribution < 1.29 is 14.4 Å². The molecule has 1 aromatic rings. The van der Waals surface area contributed by atoms with Gasteiger partial charge in [0.05, 0.1) is 0 Å². The van der Waals surface area contributed by atoms with Crippen LogP contribution in [0.1, 0.15) is 33.1 Å². The van der Waals surface area contributed by atoms with Crippen LogP contribution in [0.15, 0.2) is 30.3 Å². The maximum Gasteiger partial charge on any atom is 0.325 e. The lowest BCUT2D eigenvalue weighted by Gasteiger charge is -2.42. The number of urea groups is 1. The number of imide groups is 1. The number of anilines is 1. The lowest BCUT2D eigenvalue weighted by molar-refractivity contribution is -0.138. The van der Waals surface area contributed by atoms with E-state index in [-0.39, 0.29) is 30.2 Å². The Morgan fingerprint density at radius 3 is 2.46 bits per heavy atom. The van der Waals surface area contributed by atoms with E-state index in [0.717, 1.165) is 24.2 Å². The first-order chi connectivity index (χ1) is 11.4. The van der Waals surface area contributed by atoms with Crippen LogP contribution in [0, 0.1) is 11.8 Å². The van der Waals surface area contributed by atoms with Gasteiger partial charge < -0.3 is 10.6 Å². The van der Waals surface area contributed by atoms with E-state index < -0.39 is 11.6 Å². The second-order valence-electron chi connectivity index (χ2n) is 6.84. The lowest BCUT2D eigenvalue weighted by atomic mass is 9.67. The SMILES string of the molecule is CC1CCCC(C)C12NC(=O)N(CC(=O)Nc1ccccc1)C2=O. The molecule has 128 valence electrons. The molecule has 2 N–H and O–H groups in total. The van der Waals surface area contributed by atoms with Crippen molar-refractivity contribution in [3.05, 3.63) is 30.3 Å². The van der Waals surface area contributed by atoms with E-state index in [2.05, 4.69) is 10.6 Å². The first kappa shape index (κ1) is 16.5. The van der Waals surface area contributed by atoms with Crippen LogP contribution in [0.25, 0.3) is 0 Å². The van der Waals surface area contributed by atoms with Crippen molar-refractivity contribution in [1.29, 1.82) is 0 Å². The maximum absolute atomic E-state index is 13.0. The van der Waals surface area contributed by atoms with Crippen LogP contribution in [-0.2, 0) is 9.59 Å². The highest BCUT2D eigenvalue weighted by Gasteiger charge is 2.58. The Kier molecular flexibility index (Phi) is 4.30. The van der Waals surface area contributed by atoms with Gasteiger partial charge in [-0.2, -0.15) is 0 Å². The molecular formula is C18H23N3O3. The third-order valence-corrected chi connectivity index (χ3v) is 5.35. The van der Waals surface area contributed by atoms with Crippen LogP contribution < -0.4 is 10.6 Å². The standard InChI is InChI=1S/C18H23N3O3/c1-12-7-6-8-13(2)18(12)16(23)21(17(24)20-18)11-15(22)19-14-9-4-3-5-10-14/h3-5,9-10,12-13H,6-8,11H2,1-2H3,(H,19,22)(H,20,24). The number of hydrogen-bond donors (Lipinski definition) is 2. The second kappa shape index (κ2) is 6.26. The summed E-state index contributed by atoms with van der Waals surface area (Å²) in [5.41, 5.74) is -0.216. The quantitative estimate of drug-likeness (QED) is 0.836. The molecule has 2 aliphatic rings. The zero-order valence-corrected chi connectivity index (χ0v) is 14.0. The lowest BCUT2D eigenvalue weighted by Crippen LogP contribution is -2.59. The first-order valence-corrected chi connectivity index (χ1v) is 8.44. The van der Waals surface area contributed by atoms with Crippen LogP contribution in [-0.4, -0.2) is 34.8 Å². The van der Waals surface area contributed by atoms with Gasteiger partial charge in [-0.3, -0.25) is 14.5 Å². The molecule has 4 amide bonds. The van der Waals surface area contributed by atoms with Crippen molar-refractivity contribution >= 4 is 23.5 Å². The summed E-state index contributed by atoms with van der Waals surface area (Å²) in [4.78, 5) is 38.6. The van der Waals surface area contributed by atoms with Gasteiger partial charge in [-0.05, 0) is 36.8 Å². The van der Waals surface area contributed by atoms with Gasteiger partial charge in [-0.1, -0.05) is 38.5 Å². The summed E-state index contributed by atoms with van der Waals surface area (Å²) in [5.74, 6) is -0.506. The summed E-state index contributed by atoms with van der Waals surface area (Å²) in [7, 11) is 0. The fourth-order valence-corrected chi connectivity index (χ4v) is 3.96. The molecule has 1 spiro atoms.